The zero-order chi connectivity index (χ0) is 24.3. The maximum absolute atomic E-state index is 6.13. The number of hydrogen-bond donors (Lipinski definition) is 2. The first-order valence-corrected chi connectivity index (χ1v) is 12.5. The summed E-state index contributed by atoms with van der Waals surface area (Å²) in [4.78, 5) is 7.08. The fourth-order valence-corrected chi connectivity index (χ4v) is 4.12. The fourth-order valence-electron chi connectivity index (χ4n) is 4.12. The first-order valence-electron chi connectivity index (χ1n) is 12.5. The summed E-state index contributed by atoms with van der Waals surface area (Å²) in [5, 5.41) is 5.14. The molecule has 7 nitrogen and oxygen atoms in total. The van der Waals surface area contributed by atoms with E-state index in [0.717, 1.165) is 73.9 Å². The molecule has 0 unspecified atom stereocenters. The van der Waals surface area contributed by atoms with Crippen LogP contribution in [0.5, 0.6) is 5.75 Å². The zero-order valence-electron chi connectivity index (χ0n) is 21.1. The van der Waals surface area contributed by atoms with E-state index in [1.807, 2.05) is 19.2 Å². The van der Waals surface area contributed by atoms with Crippen LogP contribution in [0, 0.1) is 0 Å². The van der Waals surface area contributed by atoms with Crippen molar-refractivity contribution >= 4 is 18.3 Å². The number of nitrogens with zero attached hydrogens (tertiary/aromatic N) is 3. The molecule has 1 aliphatic rings. The molecule has 1 fully saturated rings. The Morgan fingerprint density at radius 2 is 1.94 bits per heavy atom. The molecular weight excluding hydrogens is 426 g/mol. The van der Waals surface area contributed by atoms with Gasteiger partial charge in [0.2, 0.25) is 5.88 Å². The molecule has 2 heterocycles. The second-order valence-corrected chi connectivity index (χ2v) is 8.81. The van der Waals surface area contributed by atoms with Gasteiger partial charge in [0.05, 0.1) is 20.3 Å². The van der Waals surface area contributed by atoms with E-state index in [9.17, 15) is 0 Å². The monoisotopic (exact) mass is 467 g/mol. The van der Waals surface area contributed by atoms with Crippen LogP contribution in [0.15, 0.2) is 35.5 Å². The van der Waals surface area contributed by atoms with Gasteiger partial charge >= 0.3 is 0 Å². The number of nitrogens with two attached hydrogens (primary N) is 1. The van der Waals surface area contributed by atoms with E-state index in [1.54, 1.807) is 7.11 Å². The molecule has 3 N–H and O–H groups in total. The second-order valence-electron chi connectivity index (χ2n) is 8.81. The lowest BCUT2D eigenvalue weighted by atomic mass is 10.1. The quantitative estimate of drug-likeness (QED) is 0.285. The normalized spacial score (nSPS) is 15.9. The Morgan fingerprint density at radius 3 is 2.65 bits per heavy atom. The Morgan fingerprint density at radius 1 is 1.15 bits per heavy atom. The molecule has 1 aliphatic heterocycles. The molecule has 186 valence electrons. The zero-order valence-corrected chi connectivity index (χ0v) is 21.1. The molecule has 1 aromatic carbocycles. The van der Waals surface area contributed by atoms with Crippen molar-refractivity contribution in [2.24, 2.45) is 10.7 Å². The van der Waals surface area contributed by atoms with Gasteiger partial charge in [-0.1, -0.05) is 45.4 Å². The minimum absolute atomic E-state index is 0.541. The van der Waals surface area contributed by atoms with Crippen LogP contribution >= 0.6 is 0 Å². The number of ether oxygens (including phenoxy) is 2. The van der Waals surface area contributed by atoms with Crippen LogP contribution in [-0.2, 0) is 17.8 Å². The van der Waals surface area contributed by atoms with E-state index in [-0.39, 0.29) is 0 Å². The third-order valence-electron chi connectivity index (χ3n) is 6.15. The van der Waals surface area contributed by atoms with E-state index in [2.05, 4.69) is 51.5 Å². The minimum atomic E-state index is 0.541. The molecule has 0 radical (unpaired) electrons. The topological polar surface area (TPSA) is 77.0 Å². The number of aliphatic imine (C=N–C) groups is 1. The van der Waals surface area contributed by atoms with Crippen molar-refractivity contribution in [1.29, 1.82) is 0 Å². The predicted molar refractivity (Wildman–Crippen MR) is 140 cm³/mol. The third-order valence-corrected chi connectivity index (χ3v) is 6.15. The number of methoxy groups -OCH3 is 1. The Balaban J connectivity index is 1.89. The van der Waals surface area contributed by atoms with Crippen LogP contribution in [0.1, 0.15) is 50.7 Å². The maximum atomic E-state index is 6.13. The van der Waals surface area contributed by atoms with Crippen LogP contribution in [0.4, 0.5) is 0 Å². The molecule has 1 saturated heterocycles. The van der Waals surface area contributed by atoms with Gasteiger partial charge in [-0.2, -0.15) is 4.99 Å². The van der Waals surface area contributed by atoms with E-state index >= 15 is 0 Å². The number of benzene rings is 1. The van der Waals surface area contributed by atoms with Crippen LogP contribution in [-0.4, -0.2) is 55.2 Å². The Kier molecular flexibility index (Phi) is 10.0. The molecule has 3 rings (SSSR count). The number of rotatable bonds is 12. The van der Waals surface area contributed by atoms with Gasteiger partial charge in [-0.25, -0.2) is 0 Å². The molecule has 7 heteroatoms. The summed E-state index contributed by atoms with van der Waals surface area (Å²) < 4.78 is 14.0. The lowest BCUT2D eigenvalue weighted by Crippen LogP contribution is -2.42. The summed E-state index contributed by atoms with van der Waals surface area (Å²) in [6.45, 7) is 14.8. The molecule has 2 aromatic rings. The van der Waals surface area contributed by atoms with Crippen LogP contribution in [0.3, 0.4) is 0 Å². The minimum Gasteiger partial charge on any atom is -0.496 e. The van der Waals surface area contributed by atoms with Crippen molar-refractivity contribution in [1.82, 2.24) is 14.8 Å². The molecule has 0 spiro atoms. The van der Waals surface area contributed by atoms with E-state index in [4.69, 9.17) is 15.2 Å². The van der Waals surface area contributed by atoms with Crippen molar-refractivity contribution in [3.63, 3.8) is 0 Å². The summed E-state index contributed by atoms with van der Waals surface area (Å²) in [5.41, 5.74) is 8.46. The van der Waals surface area contributed by atoms with Crippen LogP contribution in [0.2, 0.25) is 0 Å². The van der Waals surface area contributed by atoms with E-state index in [0.29, 0.717) is 31.3 Å². The van der Waals surface area contributed by atoms with Crippen LogP contribution in [0.25, 0.3) is 12.5 Å². The first kappa shape index (κ1) is 25.8. The number of piperazine rings is 1. The Labute approximate surface area is 203 Å². The lowest BCUT2D eigenvalue weighted by molar-refractivity contribution is 0.233. The molecule has 0 atom stereocenters. The van der Waals surface area contributed by atoms with E-state index in [1.165, 1.54) is 5.56 Å². The predicted octanol–water partition coefficient (Wildman–Crippen LogP) is 2.40. The molecule has 34 heavy (non-hydrogen) atoms. The average molecular weight is 468 g/mol. The van der Waals surface area contributed by atoms with Crippen LogP contribution < -0.4 is 26.4 Å². The van der Waals surface area contributed by atoms with Crippen molar-refractivity contribution in [3.8, 4) is 5.75 Å². The van der Waals surface area contributed by atoms with Gasteiger partial charge in [-0.3, -0.25) is 4.90 Å². The van der Waals surface area contributed by atoms with Gasteiger partial charge in [0.15, 0.2) is 0 Å². The second kappa shape index (κ2) is 13.2. The van der Waals surface area contributed by atoms with Gasteiger partial charge in [0.1, 0.15) is 16.9 Å². The van der Waals surface area contributed by atoms with Crippen molar-refractivity contribution in [3.05, 3.63) is 52.2 Å². The third kappa shape index (κ3) is 7.11. The highest BCUT2D eigenvalue weighted by atomic mass is 16.5. The van der Waals surface area contributed by atoms with Crippen molar-refractivity contribution in [2.45, 2.75) is 52.6 Å². The Bertz CT molecular complexity index is 1050. The maximum Gasteiger partial charge on any atom is 0.240 e. The summed E-state index contributed by atoms with van der Waals surface area (Å²) in [6.07, 6.45) is 5.93. The fraction of sp³-hybridized carbons (Fsp3) is 0.519. The SMILES string of the molecule is C=c1ccn(Cc2ccc(CN3CCNCC3)cc2OC)/c1=C(/N=C(/N)CC)OCCCCC. The van der Waals surface area contributed by atoms with Gasteiger partial charge in [0.25, 0.3) is 0 Å². The van der Waals surface area contributed by atoms with Gasteiger partial charge in [-0.05, 0) is 29.3 Å². The van der Waals surface area contributed by atoms with Gasteiger partial charge in [-0.15, -0.1) is 0 Å². The number of hydrogen-bond acceptors (Lipinski definition) is 5. The smallest absolute Gasteiger partial charge is 0.240 e. The molecule has 0 bridgehead atoms. The first-order chi connectivity index (χ1) is 16.5. The molecular formula is C27H41N5O2. The number of unbranched alkanes of at least 4 members (excludes halogenated alkanes) is 2. The standard InChI is InChI=1S/C27H41N5O2/c1-5-7-8-17-34-27(30-25(28)6-2)26-21(3)11-14-32(26)20-23-10-9-22(18-24(23)33-4)19-31-15-12-29-13-16-31/h9-11,14,18,29H,3,5-8,12-13,15-17,19-20H2,1-2,4H3,(H2,28,30)/b27-26-. The number of aromatic nitrogens is 1. The Hall–Kier alpha value is -2.77. The summed E-state index contributed by atoms with van der Waals surface area (Å²) in [6, 6.07) is 8.51. The summed E-state index contributed by atoms with van der Waals surface area (Å²) in [7, 11) is 1.73. The molecule has 0 saturated carbocycles. The summed E-state index contributed by atoms with van der Waals surface area (Å²) >= 11 is 0. The van der Waals surface area contributed by atoms with Gasteiger partial charge in [0, 0.05) is 50.9 Å². The molecule has 0 amide bonds. The lowest BCUT2D eigenvalue weighted by Gasteiger charge is -2.27. The number of nitrogens with one attached hydrogen (secondary N) is 1. The highest BCUT2D eigenvalue weighted by Crippen LogP contribution is 2.22. The van der Waals surface area contributed by atoms with E-state index < -0.39 is 0 Å². The highest BCUT2D eigenvalue weighted by Gasteiger charge is 2.13. The number of amidine groups is 1. The summed E-state index contributed by atoms with van der Waals surface area (Å²) in [5.74, 6) is 1.98. The van der Waals surface area contributed by atoms with Gasteiger partial charge < -0.3 is 25.1 Å². The van der Waals surface area contributed by atoms with Crippen molar-refractivity contribution in [2.75, 3.05) is 39.9 Å². The average Bonchev–Trinajstić information content (AvgIpc) is 3.22. The largest absolute Gasteiger partial charge is 0.496 e. The molecule has 1 aromatic heterocycles. The molecule has 0 aliphatic carbocycles. The highest BCUT2D eigenvalue weighted by molar-refractivity contribution is 5.83. The van der Waals surface area contributed by atoms with Crippen molar-refractivity contribution < 1.29 is 9.47 Å².